The van der Waals surface area contributed by atoms with Crippen LogP contribution in [-0.2, 0) is 15.8 Å². The molecular formula is C8H11NO5S. The van der Waals surface area contributed by atoms with Crippen LogP contribution in [0.25, 0.3) is 0 Å². The van der Waals surface area contributed by atoms with Gasteiger partial charge in [-0.3, -0.25) is 9.35 Å². The molecule has 0 amide bonds. The maximum Gasteiger partial charge on any atom is 0.322 e. The zero-order valence-corrected chi connectivity index (χ0v) is 8.55. The van der Waals surface area contributed by atoms with E-state index in [2.05, 4.69) is 5.32 Å². The summed E-state index contributed by atoms with van der Waals surface area (Å²) in [5.41, 5.74) is 0.829. The molecule has 0 bridgehead atoms. The fraction of sp³-hybridized carbons (Fsp3) is 0.125. The molecule has 0 saturated heterocycles. The highest BCUT2D eigenvalue weighted by molar-refractivity contribution is 7.66. The second-order valence-corrected chi connectivity index (χ2v) is 2.83. The minimum Gasteiger partial charge on any atom is -0.480 e. The Labute approximate surface area is 88.3 Å². The minimum absolute atomic E-state index is 0.0377. The molecule has 3 N–H and O–H groups in total. The SMILES string of the molecule is O=C(O)CNc1ccccc1.O=[SH](=O)O. The van der Waals surface area contributed by atoms with Crippen LogP contribution in [0.2, 0.25) is 0 Å². The summed E-state index contributed by atoms with van der Waals surface area (Å²) in [5.74, 6) is -0.853. The second kappa shape index (κ2) is 7.77. The predicted octanol–water partition coefficient (Wildman–Crippen LogP) is 0.254. The highest BCUT2D eigenvalue weighted by Crippen LogP contribution is 2.03. The summed E-state index contributed by atoms with van der Waals surface area (Å²) in [6.45, 7) is -0.0377. The van der Waals surface area contributed by atoms with Gasteiger partial charge >= 0.3 is 5.97 Å². The first-order chi connectivity index (χ1) is 7.02. The van der Waals surface area contributed by atoms with Gasteiger partial charge in [-0.25, -0.2) is 8.42 Å². The summed E-state index contributed by atoms with van der Waals surface area (Å²) in [4.78, 5) is 10.1. The van der Waals surface area contributed by atoms with Crippen molar-refractivity contribution in [2.75, 3.05) is 11.9 Å². The van der Waals surface area contributed by atoms with Crippen molar-refractivity contribution in [3.05, 3.63) is 30.3 Å². The van der Waals surface area contributed by atoms with Crippen LogP contribution in [0.4, 0.5) is 5.69 Å². The summed E-state index contributed by atoms with van der Waals surface area (Å²) in [6, 6.07) is 9.23. The highest BCUT2D eigenvalue weighted by Gasteiger charge is 1.93. The van der Waals surface area contributed by atoms with Crippen LogP contribution in [0.1, 0.15) is 0 Å². The van der Waals surface area contributed by atoms with E-state index in [0.29, 0.717) is 0 Å². The standard InChI is InChI=1S/C8H9NO2.H2O3S/c10-8(11)6-9-7-4-2-1-3-5-7;1-4(2)3/h1-5,9H,6H2,(H,10,11);4H,(H,1,2,3). The van der Waals surface area contributed by atoms with Crippen LogP contribution in [0.3, 0.4) is 0 Å². The van der Waals surface area contributed by atoms with Crippen molar-refractivity contribution in [1.29, 1.82) is 0 Å². The van der Waals surface area contributed by atoms with Gasteiger partial charge in [0.1, 0.15) is 6.54 Å². The lowest BCUT2D eigenvalue weighted by molar-refractivity contribution is -0.134. The number of para-hydroxylation sites is 1. The molecule has 0 aliphatic heterocycles. The number of rotatable bonds is 3. The van der Waals surface area contributed by atoms with Crippen LogP contribution in [0, 0.1) is 0 Å². The molecule has 0 spiro atoms. The molecule has 15 heavy (non-hydrogen) atoms. The lowest BCUT2D eigenvalue weighted by Crippen LogP contribution is -2.11. The maximum atomic E-state index is 10.1. The fourth-order valence-corrected chi connectivity index (χ4v) is 0.734. The van der Waals surface area contributed by atoms with E-state index in [4.69, 9.17) is 18.1 Å². The molecule has 0 radical (unpaired) electrons. The topological polar surface area (TPSA) is 104 Å². The van der Waals surface area contributed by atoms with Gasteiger partial charge in [0.15, 0.2) is 0 Å². The summed E-state index contributed by atoms with van der Waals surface area (Å²) in [7, 11) is -3.12. The largest absolute Gasteiger partial charge is 0.480 e. The molecule has 0 aliphatic rings. The van der Waals surface area contributed by atoms with E-state index in [1.807, 2.05) is 30.3 Å². The molecule has 0 unspecified atom stereocenters. The van der Waals surface area contributed by atoms with Crippen LogP contribution < -0.4 is 5.32 Å². The molecule has 0 heterocycles. The van der Waals surface area contributed by atoms with Gasteiger partial charge in [-0.2, -0.15) is 0 Å². The number of anilines is 1. The molecular weight excluding hydrogens is 222 g/mol. The van der Waals surface area contributed by atoms with Crippen molar-refractivity contribution >= 4 is 22.6 Å². The first-order valence-corrected chi connectivity index (χ1v) is 4.99. The van der Waals surface area contributed by atoms with Crippen molar-refractivity contribution in [3.63, 3.8) is 0 Å². The third-order valence-corrected chi connectivity index (χ3v) is 1.22. The van der Waals surface area contributed by atoms with E-state index in [0.717, 1.165) is 5.69 Å². The van der Waals surface area contributed by atoms with E-state index in [9.17, 15) is 4.79 Å². The van der Waals surface area contributed by atoms with Gasteiger partial charge < -0.3 is 10.4 Å². The summed E-state index contributed by atoms with van der Waals surface area (Å²) in [6.07, 6.45) is 0. The van der Waals surface area contributed by atoms with Gasteiger partial charge in [0.2, 0.25) is 0 Å². The van der Waals surface area contributed by atoms with Crippen molar-refractivity contribution in [3.8, 4) is 0 Å². The molecule has 0 aromatic heterocycles. The quantitative estimate of drug-likeness (QED) is 0.441. The number of aliphatic carboxylic acids is 1. The van der Waals surface area contributed by atoms with Gasteiger partial charge in [0.05, 0.1) is 0 Å². The van der Waals surface area contributed by atoms with Crippen molar-refractivity contribution < 1.29 is 22.9 Å². The normalized spacial score (nSPS) is 8.93. The van der Waals surface area contributed by atoms with Gasteiger partial charge in [-0.05, 0) is 12.1 Å². The number of carboxylic acids is 1. The molecule has 0 saturated carbocycles. The number of thiol groups is 1. The molecule has 84 valence electrons. The first-order valence-electron chi connectivity index (χ1n) is 3.86. The third kappa shape index (κ3) is 10.3. The zero-order chi connectivity index (χ0) is 11.7. The minimum atomic E-state index is -3.12. The Morgan fingerprint density at radius 1 is 1.27 bits per heavy atom. The van der Waals surface area contributed by atoms with E-state index in [1.54, 1.807) is 0 Å². The lowest BCUT2D eigenvalue weighted by Gasteiger charge is -2.00. The van der Waals surface area contributed by atoms with Crippen molar-refractivity contribution in [1.82, 2.24) is 0 Å². The number of carboxylic acid groups (broad SMARTS) is 1. The van der Waals surface area contributed by atoms with Crippen LogP contribution >= 0.6 is 0 Å². The van der Waals surface area contributed by atoms with E-state index >= 15 is 0 Å². The predicted molar refractivity (Wildman–Crippen MR) is 55.5 cm³/mol. The molecule has 0 atom stereocenters. The Hall–Kier alpha value is -1.60. The Kier molecular flexibility index (Phi) is 6.94. The fourth-order valence-electron chi connectivity index (χ4n) is 0.734. The average Bonchev–Trinajstić information content (AvgIpc) is 2.15. The number of nitrogens with one attached hydrogen (secondary N) is 1. The number of benzene rings is 1. The summed E-state index contributed by atoms with van der Waals surface area (Å²) in [5, 5.41) is 11.1. The highest BCUT2D eigenvalue weighted by atomic mass is 32.2. The van der Waals surface area contributed by atoms with Gasteiger partial charge in [-0.1, -0.05) is 18.2 Å². The smallest absolute Gasteiger partial charge is 0.322 e. The summed E-state index contributed by atoms with van der Waals surface area (Å²) < 4.78 is 24.2. The zero-order valence-electron chi connectivity index (χ0n) is 7.66. The van der Waals surface area contributed by atoms with Crippen LogP contribution in [0.5, 0.6) is 0 Å². The Bertz CT molecular complexity index is 355. The molecule has 6 nitrogen and oxygen atoms in total. The summed E-state index contributed by atoms with van der Waals surface area (Å²) >= 11 is 0. The Morgan fingerprint density at radius 2 is 1.73 bits per heavy atom. The molecule has 1 aromatic carbocycles. The molecule has 1 aromatic rings. The molecule has 0 fully saturated rings. The van der Waals surface area contributed by atoms with E-state index < -0.39 is 17.0 Å². The molecule has 0 aliphatic carbocycles. The van der Waals surface area contributed by atoms with Gasteiger partial charge in [0.25, 0.3) is 11.0 Å². The number of hydrogen-bond acceptors (Lipinski definition) is 4. The van der Waals surface area contributed by atoms with E-state index in [-0.39, 0.29) is 6.54 Å². The average molecular weight is 233 g/mol. The van der Waals surface area contributed by atoms with E-state index in [1.165, 1.54) is 0 Å². The number of carbonyl (C=O) groups is 1. The monoisotopic (exact) mass is 233 g/mol. The second-order valence-electron chi connectivity index (χ2n) is 2.35. The molecule has 7 heteroatoms. The number of hydrogen-bond donors (Lipinski definition) is 4. The molecule has 1 rings (SSSR count). The van der Waals surface area contributed by atoms with Crippen molar-refractivity contribution in [2.24, 2.45) is 0 Å². The van der Waals surface area contributed by atoms with Crippen LogP contribution in [-0.4, -0.2) is 30.6 Å². The van der Waals surface area contributed by atoms with Gasteiger partial charge in [0, 0.05) is 5.69 Å². The maximum absolute atomic E-state index is 10.1. The Morgan fingerprint density at radius 3 is 2.13 bits per heavy atom. The van der Waals surface area contributed by atoms with Crippen molar-refractivity contribution in [2.45, 2.75) is 0 Å². The van der Waals surface area contributed by atoms with Gasteiger partial charge in [-0.15, -0.1) is 0 Å². The van der Waals surface area contributed by atoms with Crippen LogP contribution in [0.15, 0.2) is 30.3 Å². The first kappa shape index (κ1) is 13.4. The lowest BCUT2D eigenvalue weighted by atomic mass is 10.3. The third-order valence-electron chi connectivity index (χ3n) is 1.22. The Balaban J connectivity index is 0.000000423.